The molecule has 0 radical (unpaired) electrons. The Morgan fingerprint density at radius 3 is 2.64 bits per heavy atom. The van der Waals surface area contributed by atoms with Crippen molar-refractivity contribution >= 4 is 5.97 Å². The van der Waals surface area contributed by atoms with E-state index in [4.69, 9.17) is 9.47 Å². The van der Waals surface area contributed by atoms with Crippen molar-refractivity contribution in [2.45, 2.75) is 31.8 Å². The molecule has 0 spiro atoms. The lowest BCUT2D eigenvalue weighted by molar-refractivity contribution is -0.178. The van der Waals surface area contributed by atoms with Gasteiger partial charge in [-0.05, 0) is 25.7 Å². The number of esters is 1. The van der Waals surface area contributed by atoms with Gasteiger partial charge in [-0.1, -0.05) is 0 Å². The van der Waals surface area contributed by atoms with Gasteiger partial charge in [0.15, 0.2) is 6.79 Å². The Bertz CT molecular complexity index is 156. The van der Waals surface area contributed by atoms with Gasteiger partial charge in [-0.2, -0.15) is 0 Å². The molecule has 0 N–H and O–H groups in total. The van der Waals surface area contributed by atoms with Crippen molar-refractivity contribution in [1.29, 1.82) is 0 Å². The van der Waals surface area contributed by atoms with Crippen molar-refractivity contribution in [2.75, 3.05) is 6.79 Å². The third-order valence-corrected chi connectivity index (χ3v) is 2.51. The molecule has 3 rings (SSSR count). The van der Waals surface area contributed by atoms with Gasteiger partial charge in [0, 0.05) is 0 Å². The van der Waals surface area contributed by atoms with Gasteiger partial charge in [0.05, 0.1) is 12.0 Å². The molecular formula is C8H12O3. The normalized spacial score (nSPS) is 37.6. The van der Waals surface area contributed by atoms with Gasteiger partial charge in [-0.25, -0.2) is 0 Å². The summed E-state index contributed by atoms with van der Waals surface area (Å²) in [6, 6.07) is 0. The minimum absolute atomic E-state index is 0.0665. The zero-order valence-corrected chi connectivity index (χ0v) is 6.41. The topological polar surface area (TPSA) is 35.5 Å². The van der Waals surface area contributed by atoms with Gasteiger partial charge >= 0.3 is 5.97 Å². The van der Waals surface area contributed by atoms with E-state index in [1.807, 2.05) is 0 Å². The van der Waals surface area contributed by atoms with Crippen molar-refractivity contribution < 1.29 is 14.3 Å². The van der Waals surface area contributed by atoms with E-state index < -0.39 is 0 Å². The summed E-state index contributed by atoms with van der Waals surface area (Å²) in [6.07, 6.45) is 4.30. The van der Waals surface area contributed by atoms with E-state index >= 15 is 0 Å². The lowest BCUT2D eigenvalue weighted by atomic mass is 9.87. The van der Waals surface area contributed by atoms with Gasteiger partial charge in [0.25, 0.3) is 0 Å². The summed E-state index contributed by atoms with van der Waals surface area (Å²) in [6.45, 7) is 0.167. The molecule has 0 aromatic rings. The van der Waals surface area contributed by atoms with Crippen LogP contribution >= 0.6 is 0 Å². The molecule has 2 saturated heterocycles. The van der Waals surface area contributed by atoms with E-state index in [-0.39, 0.29) is 18.7 Å². The average Bonchev–Trinajstić information content (AvgIpc) is 2.01. The molecule has 3 nitrogen and oxygen atoms in total. The minimum Gasteiger partial charge on any atom is -0.438 e. The minimum atomic E-state index is -0.0665. The molecule has 0 atom stereocenters. The second-order valence-electron chi connectivity index (χ2n) is 3.22. The molecule has 0 aromatic carbocycles. The van der Waals surface area contributed by atoms with Crippen LogP contribution in [0.3, 0.4) is 0 Å². The van der Waals surface area contributed by atoms with Crippen LogP contribution < -0.4 is 0 Å². The maximum Gasteiger partial charge on any atom is 0.311 e. The van der Waals surface area contributed by atoms with Crippen LogP contribution in [0.15, 0.2) is 0 Å². The number of ether oxygens (including phenoxy) is 2. The maximum absolute atomic E-state index is 11.1. The predicted octanol–water partition coefficient (Wildman–Crippen LogP) is 1.08. The lowest BCUT2D eigenvalue weighted by Gasteiger charge is -2.30. The molecular weight excluding hydrogens is 144 g/mol. The van der Waals surface area contributed by atoms with Gasteiger partial charge < -0.3 is 9.47 Å². The third kappa shape index (κ3) is 1.38. The molecule has 62 valence electrons. The van der Waals surface area contributed by atoms with Crippen molar-refractivity contribution in [3.63, 3.8) is 0 Å². The first kappa shape index (κ1) is 7.10. The van der Waals surface area contributed by atoms with E-state index in [1.54, 1.807) is 0 Å². The summed E-state index contributed by atoms with van der Waals surface area (Å²) in [5.74, 6) is 0.0956. The first-order chi connectivity index (χ1) is 5.36. The van der Waals surface area contributed by atoms with Gasteiger partial charge in [0.2, 0.25) is 0 Å². The molecule has 3 heteroatoms. The first-order valence-electron chi connectivity index (χ1n) is 4.14. The van der Waals surface area contributed by atoms with E-state index in [2.05, 4.69) is 0 Å². The summed E-state index contributed by atoms with van der Waals surface area (Å²) >= 11 is 0. The molecule has 3 fully saturated rings. The molecule has 11 heavy (non-hydrogen) atoms. The van der Waals surface area contributed by atoms with Crippen LogP contribution in [-0.4, -0.2) is 18.9 Å². The summed E-state index contributed by atoms with van der Waals surface area (Å²) in [7, 11) is 0. The second kappa shape index (κ2) is 2.81. The highest BCUT2D eigenvalue weighted by Crippen LogP contribution is 2.28. The van der Waals surface area contributed by atoms with Gasteiger partial charge in [0.1, 0.15) is 0 Å². The molecule has 0 aromatic heterocycles. The first-order valence-corrected chi connectivity index (χ1v) is 4.14. The Labute approximate surface area is 65.7 Å². The van der Waals surface area contributed by atoms with Crippen LogP contribution in [-0.2, 0) is 14.3 Å². The zero-order valence-electron chi connectivity index (χ0n) is 6.41. The molecule has 2 aliphatic heterocycles. The molecule has 0 amide bonds. The van der Waals surface area contributed by atoms with Crippen molar-refractivity contribution in [2.24, 2.45) is 5.92 Å². The van der Waals surface area contributed by atoms with E-state index in [0.717, 1.165) is 25.7 Å². The number of hydrogen-bond acceptors (Lipinski definition) is 3. The van der Waals surface area contributed by atoms with E-state index in [0.29, 0.717) is 6.10 Å². The van der Waals surface area contributed by atoms with E-state index in [9.17, 15) is 4.79 Å². The third-order valence-electron chi connectivity index (χ3n) is 2.51. The summed E-state index contributed by atoms with van der Waals surface area (Å²) < 4.78 is 10.2. The van der Waals surface area contributed by atoms with Crippen LogP contribution in [0.4, 0.5) is 0 Å². The molecule has 2 heterocycles. The molecule has 1 aliphatic carbocycles. The van der Waals surface area contributed by atoms with Gasteiger partial charge in [-0.3, -0.25) is 4.79 Å². The monoisotopic (exact) mass is 156 g/mol. The highest BCUT2D eigenvalue weighted by Gasteiger charge is 2.30. The Hall–Kier alpha value is -0.570. The van der Waals surface area contributed by atoms with Crippen LogP contribution in [0.2, 0.25) is 0 Å². The molecule has 1 saturated carbocycles. The number of carbonyl (C=O) groups is 1. The van der Waals surface area contributed by atoms with Gasteiger partial charge in [-0.15, -0.1) is 0 Å². The summed E-state index contributed by atoms with van der Waals surface area (Å²) in [5.41, 5.74) is 0. The standard InChI is InChI=1S/C8H12O3/c9-8-6-1-3-7(4-2-6)10-5-11-8/h6-7H,1-5H2. The number of carbonyl (C=O) groups excluding carboxylic acids is 1. The Balaban J connectivity index is 2.05. The summed E-state index contributed by atoms with van der Waals surface area (Å²) in [4.78, 5) is 11.1. The van der Waals surface area contributed by atoms with Crippen molar-refractivity contribution in [3.05, 3.63) is 0 Å². The molecule has 3 aliphatic rings. The smallest absolute Gasteiger partial charge is 0.311 e. The number of hydrogen-bond donors (Lipinski definition) is 0. The molecule has 2 bridgehead atoms. The second-order valence-corrected chi connectivity index (χ2v) is 3.22. The highest BCUT2D eigenvalue weighted by molar-refractivity contribution is 5.72. The summed E-state index contributed by atoms with van der Waals surface area (Å²) in [5, 5.41) is 0. The Morgan fingerprint density at radius 2 is 1.91 bits per heavy atom. The van der Waals surface area contributed by atoms with E-state index in [1.165, 1.54) is 0 Å². The fraction of sp³-hybridized carbons (Fsp3) is 0.875. The predicted molar refractivity (Wildman–Crippen MR) is 37.8 cm³/mol. The fourth-order valence-electron chi connectivity index (χ4n) is 1.77. The molecule has 0 unspecified atom stereocenters. The fourth-order valence-corrected chi connectivity index (χ4v) is 1.77. The lowest BCUT2D eigenvalue weighted by Crippen LogP contribution is -2.32. The van der Waals surface area contributed by atoms with Crippen LogP contribution in [0, 0.1) is 5.92 Å². The van der Waals surface area contributed by atoms with Crippen LogP contribution in [0.1, 0.15) is 25.7 Å². The average molecular weight is 156 g/mol. The SMILES string of the molecule is O=C1OCOC2CCC1CC2. The largest absolute Gasteiger partial charge is 0.438 e. The Kier molecular flexibility index (Phi) is 1.82. The maximum atomic E-state index is 11.1. The van der Waals surface area contributed by atoms with Crippen LogP contribution in [0.5, 0.6) is 0 Å². The van der Waals surface area contributed by atoms with Crippen LogP contribution in [0.25, 0.3) is 0 Å². The Morgan fingerprint density at radius 1 is 1.18 bits per heavy atom. The number of fused-ring (bicyclic) bond motifs is 5. The highest BCUT2D eigenvalue weighted by atomic mass is 16.7. The van der Waals surface area contributed by atoms with Crippen molar-refractivity contribution in [1.82, 2.24) is 0 Å². The quantitative estimate of drug-likeness (QED) is 0.492. The number of rotatable bonds is 0. The van der Waals surface area contributed by atoms with Crippen molar-refractivity contribution in [3.8, 4) is 0 Å². The zero-order chi connectivity index (χ0) is 7.68.